The second-order valence-corrected chi connectivity index (χ2v) is 4.94. The Hall–Kier alpha value is -2.08. The molecule has 1 aromatic carbocycles. The molecule has 0 amide bonds. The predicted molar refractivity (Wildman–Crippen MR) is 72.2 cm³/mol. The summed E-state index contributed by atoms with van der Waals surface area (Å²) in [7, 11) is 0. The molecule has 2 aromatic heterocycles. The lowest BCUT2D eigenvalue weighted by Gasteiger charge is -2.02. The van der Waals surface area contributed by atoms with Crippen LogP contribution >= 0.6 is 15.9 Å². The number of fused-ring (bicyclic) bond motifs is 1. The molecule has 0 atom stereocenters. The van der Waals surface area contributed by atoms with Gasteiger partial charge in [0, 0.05) is 21.6 Å². The van der Waals surface area contributed by atoms with Crippen molar-refractivity contribution >= 4 is 32.8 Å². The van der Waals surface area contributed by atoms with Crippen molar-refractivity contribution in [2.24, 2.45) is 0 Å². The zero-order valence-electron chi connectivity index (χ0n) is 9.71. The Balaban J connectivity index is 2.06. The van der Waals surface area contributed by atoms with Gasteiger partial charge in [-0.15, -0.1) is 0 Å². The number of hydrogen-bond acceptors (Lipinski definition) is 3. The zero-order valence-corrected chi connectivity index (χ0v) is 11.3. The van der Waals surface area contributed by atoms with Crippen LogP contribution in [0.4, 0.5) is 0 Å². The molecular weight excluding hydrogens is 312 g/mol. The molecule has 0 radical (unpaired) electrons. The number of carboxylic acids is 1. The van der Waals surface area contributed by atoms with E-state index in [1.165, 1.54) is 6.20 Å². The normalized spacial score (nSPS) is 11.0. The molecule has 0 fully saturated rings. The largest absolute Gasteiger partial charge is 0.478 e. The molecule has 0 saturated carbocycles. The van der Waals surface area contributed by atoms with Crippen LogP contribution < -0.4 is 0 Å². The molecule has 0 aliphatic rings. The second kappa shape index (κ2) is 4.55. The quantitative estimate of drug-likeness (QED) is 0.805. The number of benzene rings is 1. The van der Waals surface area contributed by atoms with E-state index >= 15 is 0 Å². The Bertz CT molecular complexity index is 760. The predicted octanol–water partition coefficient (Wildman–Crippen LogP) is 3.14. The zero-order chi connectivity index (χ0) is 13.4. The number of carbonyl (C=O) groups is 1. The standard InChI is InChI=1S/C13H9BrN2O3/c14-10-6-16(11-4-2-1-3-8(10)11)7-12-9(13(17)18)5-15-19-12/h1-6H,7H2,(H,17,18). The summed E-state index contributed by atoms with van der Waals surface area (Å²) >= 11 is 3.49. The van der Waals surface area contributed by atoms with Gasteiger partial charge in [-0.2, -0.15) is 0 Å². The fraction of sp³-hybridized carbons (Fsp3) is 0.0769. The monoisotopic (exact) mass is 320 g/mol. The molecule has 2 heterocycles. The van der Waals surface area contributed by atoms with Crippen molar-refractivity contribution < 1.29 is 14.4 Å². The number of rotatable bonds is 3. The fourth-order valence-corrected chi connectivity index (χ4v) is 2.62. The first-order chi connectivity index (χ1) is 9.16. The van der Waals surface area contributed by atoms with E-state index in [-0.39, 0.29) is 5.56 Å². The van der Waals surface area contributed by atoms with Crippen molar-refractivity contribution in [3.05, 3.63) is 52.5 Å². The molecule has 0 spiro atoms. The molecular formula is C13H9BrN2O3. The number of nitrogens with zero attached hydrogens (tertiary/aromatic N) is 2. The third-order valence-corrected chi connectivity index (χ3v) is 3.56. The van der Waals surface area contributed by atoms with Crippen LogP contribution in [0.15, 0.2) is 45.7 Å². The minimum atomic E-state index is -1.04. The highest BCUT2D eigenvalue weighted by Gasteiger charge is 2.16. The number of carboxylic acid groups (broad SMARTS) is 1. The lowest BCUT2D eigenvalue weighted by Crippen LogP contribution is -2.03. The first-order valence-corrected chi connectivity index (χ1v) is 6.36. The molecule has 6 heteroatoms. The number of para-hydroxylation sites is 1. The lowest BCUT2D eigenvalue weighted by molar-refractivity contribution is 0.0694. The van der Waals surface area contributed by atoms with Gasteiger partial charge in [0.05, 0.1) is 12.7 Å². The van der Waals surface area contributed by atoms with Crippen molar-refractivity contribution in [2.45, 2.75) is 6.54 Å². The van der Waals surface area contributed by atoms with Crippen LogP contribution in [0.1, 0.15) is 16.1 Å². The molecule has 0 unspecified atom stereocenters. The molecule has 96 valence electrons. The Morgan fingerprint density at radius 3 is 3.00 bits per heavy atom. The topological polar surface area (TPSA) is 68.3 Å². The first-order valence-electron chi connectivity index (χ1n) is 5.57. The number of hydrogen-bond donors (Lipinski definition) is 1. The van der Waals surface area contributed by atoms with Gasteiger partial charge in [-0.1, -0.05) is 23.4 Å². The van der Waals surface area contributed by atoms with Crippen LogP contribution in [0.3, 0.4) is 0 Å². The Morgan fingerprint density at radius 2 is 2.21 bits per heavy atom. The molecule has 5 nitrogen and oxygen atoms in total. The van der Waals surface area contributed by atoms with E-state index in [2.05, 4.69) is 21.1 Å². The molecule has 0 saturated heterocycles. The maximum atomic E-state index is 11.0. The van der Waals surface area contributed by atoms with Crippen molar-refractivity contribution in [1.29, 1.82) is 0 Å². The summed E-state index contributed by atoms with van der Waals surface area (Å²) in [6.07, 6.45) is 3.12. The first kappa shape index (κ1) is 12.0. The Morgan fingerprint density at radius 1 is 1.42 bits per heavy atom. The average molecular weight is 321 g/mol. The smallest absolute Gasteiger partial charge is 0.341 e. The van der Waals surface area contributed by atoms with E-state index in [1.54, 1.807) is 0 Å². The van der Waals surface area contributed by atoms with Gasteiger partial charge < -0.3 is 14.2 Å². The molecule has 19 heavy (non-hydrogen) atoms. The summed E-state index contributed by atoms with van der Waals surface area (Å²) in [4.78, 5) is 11.0. The molecule has 3 aromatic rings. The minimum absolute atomic E-state index is 0.0916. The summed E-state index contributed by atoms with van der Waals surface area (Å²) in [5.74, 6) is -0.701. The highest BCUT2D eigenvalue weighted by Crippen LogP contribution is 2.27. The highest BCUT2D eigenvalue weighted by atomic mass is 79.9. The lowest BCUT2D eigenvalue weighted by atomic mass is 10.2. The summed E-state index contributed by atoms with van der Waals surface area (Å²) in [6.45, 7) is 0.327. The highest BCUT2D eigenvalue weighted by molar-refractivity contribution is 9.10. The maximum Gasteiger partial charge on any atom is 0.341 e. The molecule has 1 N–H and O–H groups in total. The summed E-state index contributed by atoms with van der Waals surface area (Å²) in [5.41, 5.74) is 1.09. The van der Waals surface area contributed by atoms with Crippen LogP contribution in [0.5, 0.6) is 0 Å². The van der Waals surface area contributed by atoms with Gasteiger partial charge in [0.1, 0.15) is 5.56 Å². The van der Waals surface area contributed by atoms with Crippen molar-refractivity contribution in [2.75, 3.05) is 0 Å². The van der Waals surface area contributed by atoms with Crippen LogP contribution in [0.25, 0.3) is 10.9 Å². The van der Waals surface area contributed by atoms with E-state index in [9.17, 15) is 4.79 Å². The van der Waals surface area contributed by atoms with Gasteiger partial charge in [-0.05, 0) is 22.0 Å². The Labute approximate surface area is 116 Å². The SMILES string of the molecule is O=C(O)c1cnoc1Cn1cc(Br)c2ccccc21. The van der Waals surface area contributed by atoms with Gasteiger partial charge in [0.2, 0.25) is 0 Å². The molecule has 0 aliphatic heterocycles. The number of halogens is 1. The van der Waals surface area contributed by atoms with E-state index < -0.39 is 5.97 Å². The van der Waals surface area contributed by atoms with E-state index in [1.807, 2.05) is 35.0 Å². The third-order valence-electron chi connectivity index (χ3n) is 2.93. The van der Waals surface area contributed by atoms with Gasteiger partial charge in [0.25, 0.3) is 0 Å². The van der Waals surface area contributed by atoms with Gasteiger partial charge in [0.15, 0.2) is 5.76 Å². The van der Waals surface area contributed by atoms with Crippen LogP contribution in [-0.4, -0.2) is 20.8 Å². The number of aromatic nitrogens is 2. The van der Waals surface area contributed by atoms with E-state index in [4.69, 9.17) is 9.63 Å². The van der Waals surface area contributed by atoms with Crippen LogP contribution in [-0.2, 0) is 6.54 Å². The summed E-state index contributed by atoms with van der Waals surface area (Å²) in [5, 5.41) is 13.6. The van der Waals surface area contributed by atoms with Crippen molar-refractivity contribution in [3.63, 3.8) is 0 Å². The van der Waals surface area contributed by atoms with Gasteiger partial charge in [-0.25, -0.2) is 4.79 Å². The van der Waals surface area contributed by atoms with Crippen LogP contribution in [0.2, 0.25) is 0 Å². The maximum absolute atomic E-state index is 11.0. The fourth-order valence-electron chi connectivity index (χ4n) is 2.04. The summed E-state index contributed by atoms with van der Waals surface area (Å²) in [6, 6.07) is 7.85. The number of aromatic carboxylic acids is 1. The average Bonchev–Trinajstić information content (AvgIpc) is 2.97. The van der Waals surface area contributed by atoms with E-state index in [0.717, 1.165) is 15.4 Å². The van der Waals surface area contributed by atoms with Crippen LogP contribution in [0, 0.1) is 0 Å². The summed E-state index contributed by atoms with van der Waals surface area (Å²) < 4.78 is 7.90. The van der Waals surface area contributed by atoms with Crippen molar-refractivity contribution in [1.82, 2.24) is 9.72 Å². The molecule has 0 aliphatic carbocycles. The van der Waals surface area contributed by atoms with Gasteiger partial charge >= 0.3 is 5.97 Å². The minimum Gasteiger partial charge on any atom is -0.478 e. The molecule has 3 rings (SSSR count). The van der Waals surface area contributed by atoms with E-state index in [0.29, 0.717) is 12.3 Å². The second-order valence-electron chi connectivity index (χ2n) is 4.09. The molecule has 0 bridgehead atoms. The van der Waals surface area contributed by atoms with Gasteiger partial charge in [-0.3, -0.25) is 0 Å². The Kier molecular flexibility index (Phi) is 2.87. The van der Waals surface area contributed by atoms with Crippen molar-refractivity contribution in [3.8, 4) is 0 Å². The third kappa shape index (κ3) is 2.04.